The normalized spacial score (nSPS) is 24.7. The van der Waals surface area contributed by atoms with Crippen LogP contribution in [-0.2, 0) is 20.2 Å². The highest BCUT2D eigenvalue weighted by Crippen LogP contribution is 2.60. The van der Waals surface area contributed by atoms with E-state index in [-0.39, 0.29) is 24.4 Å². The minimum Gasteiger partial charge on any atom is -0.394 e. The van der Waals surface area contributed by atoms with Gasteiger partial charge in [-0.25, -0.2) is 15.0 Å². The van der Waals surface area contributed by atoms with Gasteiger partial charge in [-0.3, -0.25) is 14.3 Å². The number of carbonyl (C=O) groups is 1. The third-order valence-electron chi connectivity index (χ3n) is 6.09. The maximum atomic E-state index is 12.2. The van der Waals surface area contributed by atoms with E-state index in [1.807, 2.05) is 49.3 Å². The second kappa shape index (κ2) is 11.4. The number of aliphatic hydroxyl groups excluding tert-OH is 2. The Morgan fingerprint density at radius 3 is 2.65 bits per heavy atom. The summed E-state index contributed by atoms with van der Waals surface area (Å²) >= 11 is 0. The van der Waals surface area contributed by atoms with Crippen LogP contribution in [0.25, 0.3) is 11.2 Å². The fourth-order valence-electron chi connectivity index (χ4n) is 4.05. The number of carbonyl (C=O) groups excluding carboxylic acids is 1. The second-order valence-electron chi connectivity index (χ2n) is 9.48. The molecule has 200 valence electrons. The van der Waals surface area contributed by atoms with E-state index in [0.29, 0.717) is 17.3 Å². The van der Waals surface area contributed by atoms with Crippen LogP contribution in [0.4, 0.5) is 5.82 Å². The first-order valence-corrected chi connectivity index (χ1v) is 13.4. The van der Waals surface area contributed by atoms with Crippen molar-refractivity contribution in [2.24, 2.45) is 5.92 Å². The van der Waals surface area contributed by atoms with Crippen molar-refractivity contribution in [1.29, 1.82) is 0 Å². The van der Waals surface area contributed by atoms with E-state index >= 15 is 0 Å². The summed E-state index contributed by atoms with van der Waals surface area (Å²) in [5, 5.41) is 34.5. The van der Waals surface area contributed by atoms with Gasteiger partial charge in [0.2, 0.25) is 5.91 Å². The molecule has 4 rings (SSSR count). The molecule has 3 aromatic rings. The zero-order chi connectivity index (χ0) is 26.7. The van der Waals surface area contributed by atoms with Crippen molar-refractivity contribution < 1.29 is 29.4 Å². The lowest BCUT2D eigenvalue weighted by molar-refractivity contribution is -0.118. The minimum atomic E-state index is -1.90. The van der Waals surface area contributed by atoms with Crippen LogP contribution >= 0.6 is 8.15 Å². The highest BCUT2D eigenvalue weighted by Gasteiger charge is 2.61. The molecule has 1 fully saturated rings. The lowest BCUT2D eigenvalue weighted by Gasteiger charge is -2.38. The number of imidazole rings is 1. The number of nitrogens with one attached hydrogen (secondary N) is 1. The zero-order valence-corrected chi connectivity index (χ0v) is 22.1. The molecule has 0 spiro atoms. The summed E-state index contributed by atoms with van der Waals surface area (Å²) < 4.78 is 13.6. The molecule has 1 amide bonds. The van der Waals surface area contributed by atoms with Crippen LogP contribution in [0.2, 0.25) is 0 Å². The number of aromatic nitrogens is 4. The van der Waals surface area contributed by atoms with Gasteiger partial charge in [0.05, 0.1) is 21.1 Å². The summed E-state index contributed by atoms with van der Waals surface area (Å²) in [4.78, 5) is 26.8. The minimum absolute atomic E-state index is 0.205. The van der Waals surface area contributed by atoms with Crippen molar-refractivity contribution in [3.05, 3.63) is 48.5 Å². The molecule has 13 heteroatoms. The number of hydrogen-bond donors (Lipinski definition) is 4. The number of aliphatic hydroxyl groups is 3. The topological polar surface area (TPSA) is 155 Å². The summed E-state index contributed by atoms with van der Waals surface area (Å²) in [5.41, 5.74) is 1.51. The van der Waals surface area contributed by atoms with Crippen LogP contribution in [0.5, 0.6) is 0 Å². The summed E-state index contributed by atoms with van der Waals surface area (Å²) in [7, 11) is 1.92. The molecule has 1 aliphatic rings. The van der Waals surface area contributed by atoms with Gasteiger partial charge in [0, 0.05) is 12.1 Å². The lowest BCUT2D eigenvalue weighted by Crippen LogP contribution is -2.48. The molecular formula is C24H33N6O6P. The Morgan fingerprint density at radius 2 is 2.00 bits per heavy atom. The molecule has 0 saturated carbocycles. The molecule has 0 radical (unpaired) electrons. The van der Waals surface area contributed by atoms with Crippen molar-refractivity contribution in [1.82, 2.24) is 24.4 Å². The number of rotatable bonds is 10. The van der Waals surface area contributed by atoms with Gasteiger partial charge >= 0.3 is 0 Å². The highest BCUT2D eigenvalue weighted by molar-refractivity contribution is 7.53. The average Bonchev–Trinajstić information content (AvgIpc) is 3.42. The molecule has 5 atom stereocenters. The maximum Gasteiger partial charge on any atom is 0.228 e. The molecule has 2 aromatic heterocycles. The summed E-state index contributed by atoms with van der Waals surface area (Å²) in [6.45, 7) is 3.19. The Bertz CT molecular complexity index is 1210. The number of benzene rings is 1. The predicted molar refractivity (Wildman–Crippen MR) is 137 cm³/mol. The Morgan fingerprint density at radius 1 is 1.27 bits per heavy atom. The molecule has 12 nitrogen and oxygen atoms in total. The van der Waals surface area contributed by atoms with Gasteiger partial charge in [-0.1, -0.05) is 44.2 Å². The molecule has 4 N–H and O–H groups in total. The van der Waals surface area contributed by atoms with Crippen LogP contribution < -0.4 is 5.32 Å². The van der Waals surface area contributed by atoms with Crippen molar-refractivity contribution in [3.63, 3.8) is 0 Å². The molecule has 1 aromatic carbocycles. The quantitative estimate of drug-likeness (QED) is 0.223. The van der Waals surface area contributed by atoms with Crippen molar-refractivity contribution in [3.8, 4) is 0 Å². The van der Waals surface area contributed by atoms with E-state index < -0.39 is 38.5 Å². The first-order valence-electron chi connectivity index (χ1n) is 11.9. The van der Waals surface area contributed by atoms with Crippen LogP contribution in [0.15, 0.2) is 43.0 Å². The lowest BCUT2D eigenvalue weighted by atomic mass is 10.1. The SMILES string of the molecule is CC(C)C(=O)Nc1ncnc2c1ncn2[C@@H]1O[C@H](CO)[C@@](O)(P(Cc2ccccc2)OCN(C)C)[C@H]1O. The number of fused-ring (bicyclic) bond motifs is 1. The molecular weight excluding hydrogens is 499 g/mol. The summed E-state index contributed by atoms with van der Waals surface area (Å²) in [5.74, 6) is -0.269. The Kier molecular flexibility index (Phi) is 8.49. The third kappa shape index (κ3) is 5.51. The van der Waals surface area contributed by atoms with Gasteiger partial charge in [-0.15, -0.1) is 0 Å². The first kappa shape index (κ1) is 27.5. The molecule has 0 bridgehead atoms. The maximum absolute atomic E-state index is 12.2. The standard InChI is InChI=1S/C24H33N6O6P/c1-15(2)22(33)28-20-18-21(26-12-25-20)30(13-27-18)23-19(32)24(34,17(10-31)36-23)37(35-14-29(3)4)11-16-8-6-5-7-9-16/h5-9,12-13,15,17,19,23,31-32,34H,10-11,14H2,1-4H3,(H,25,26,28,33)/t17-,19+,23-,24-,37?/m1/s1. The molecule has 1 aliphatic heterocycles. The van der Waals surface area contributed by atoms with E-state index in [2.05, 4.69) is 20.3 Å². The van der Waals surface area contributed by atoms with Gasteiger partial charge in [0.15, 0.2) is 28.6 Å². The Balaban J connectivity index is 1.69. The number of ether oxygens (including phenoxy) is 1. The number of hydrogen-bond acceptors (Lipinski definition) is 10. The van der Waals surface area contributed by atoms with Crippen LogP contribution in [0.1, 0.15) is 25.6 Å². The van der Waals surface area contributed by atoms with E-state index in [1.54, 1.807) is 13.8 Å². The van der Waals surface area contributed by atoms with E-state index in [9.17, 15) is 20.1 Å². The molecule has 37 heavy (non-hydrogen) atoms. The monoisotopic (exact) mass is 532 g/mol. The fourth-order valence-corrected chi connectivity index (χ4v) is 6.40. The highest BCUT2D eigenvalue weighted by atomic mass is 31.1. The van der Waals surface area contributed by atoms with Crippen LogP contribution in [0, 0.1) is 5.92 Å². The number of amides is 1. The van der Waals surface area contributed by atoms with E-state index in [4.69, 9.17) is 9.26 Å². The largest absolute Gasteiger partial charge is 0.394 e. The van der Waals surface area contributed by atoms with Crippen molar-refractivity contribution in [2.75, 3.05) is 32.7 Å². The molecule has 1 saturated heterocycles. The fraction of sp³-hybridized carbons (Fsp3) is 0.500. The van der Waals surface area contributed by atoms with Crippen molar-refractivity contribution in [2.45, 2.75) is 43.8 Å². The van der Waals surface area contributed by atoms with Crippen LogP contribution in [0.3, 0.4) is 0 Å². The average molecular weight is 533 g/mol. The van der Waals surface area contributed by atoms with Gasteiger partial charge < -0.3 is 29.9 Å². The second-order valence-corrected chi connectivity index (χ2v) is 11.5. The zero-order valence-electron chi connectivity index (χ0n) is 21.2. The predicted octanol–water partition coefficient (Wildman–Crippen LogP) is 1.49. The van der Waals surface area contributed by atoms with Crippen molar-refractivity contribution >= 4 is 31.0 Å². The Hall–Kier alpha value is -2.57. The first-order chi connectivity index (χ1) is 17.7. The third-order valence-corrected chi connectivity index (χ3v) is 8.52. The van der Waals surface area contributed by atoms with Gasteiger partial charge in [0.25, 0.3) is 0 Å². The smallest absolute Gasteiger partial charge is 0.228 e. The van der Waals surface area contributed by atoms with Crippen LogP contribution in [-0.4, -0.2) is 90.6 Å². The summed E-state index contributed by atoms with van der Waals surface area (Å²) in [6.07, 6.45) is -0.734. The molecule has 3 heterocycles. The Labute approximate surface area is 216 Å². The molecule has 0 aliphatic carbocycles. The molecule has 1 unspecified atom stereocenters. The van der Waals surface area contributed by atoms with E-state index in [0.717, 1.165) is 5.56 Å². The number of anilines is 1. The number of nitrogens with zero attached hydrogens (tertiary/aromatic N) is 5. The van der Waals surface area contributed by atoms with Gasteiger partial charge in [-0.2, -0.15) is 0 Å². The van der Waals surface area contributed by atoms with Gasteiger partial charge in [-0.05, 0) is 19.7 Å². The summed E-state index contributed by atoms with van der Waals surface area (Å²) in [6, 6.07) is 9.50. The van der Waals surface area contributed by atoms with E-state index in [1.165, 1.54) is 17.2 Å². The van der Waals surface area contributed by atoms with Gasteiger partial charge in [0.1, 0.15) is 25.3 Å².